The van der Waals surface area contributed by atoms with E-state index >= 15 is 0 Å². The molecule has 2 saturated heterocycles. The second-order valence-electron chi connectivity index (χ2n) is 8.11. The van der Waals surface area contributed by atoms with Crippen LogP contribution in [0.2, 0.25) is 0 Å². The summed E-state index contributed by atoms with van der Waals surface area (Å²) in [6, 6.07) is 0.739. The summed E-state index contributed by atoms with van der Waals surface area (Å²) in [5.74, 6) is 2.03. The van der Waals surface area contributed by atoms with E-state index in [0.717, 1.165) is 50.3 Å². The molecule has 4 rings (SSSR count). The summed E-state index contributed by atoms with van der Waals surface area (Å²) in [6.07, 6.45) is 10.0. The maximum atomic E-state index is 12.6. The molecular weight excluding hydrogens is 330 g/mol. The van der Waals surface area contributed by atoms with Crippen LogP contribution in [0.15, 0.2) is 12.4 Å². The van der Waals surface area contributed by atoms with E-state index < -0.39 is 0 Å². The van der Waals surface area contributed by atoms with Crippen LogP contribution in [0, 0.1) is 5.92 Å². The first kappa shape index (κ1) is 17.5. The fraction of sp³-hybridized carbons (Fsp3) is 0.737. The highest BCUT2D eigenvalue weighted by molar-refractivity contribution is 5.76. The molecule has 2 bridgehead atoms. The minimum absolute atomic E-state index is 0.173. The first-order chi connectivity index (χ1) is 12.6. The summed E-state index contributed by atoms with van der Waals surface area (Å²) in [7, 11) is 0. The molecule has 7 heteroatoms. The van der Waals surface area contributed by atoms with Crippen LogP contribution in [0.3, 0.4) is 0 Å². The van der Waals surface area contributed by atoms with Crippen molar-refractivity contribution in [1.29, 1.82) is 0 Å². The quantitative estimate of drug-likeness (QED) is 0.819. The van der Waals surface area contributed by atoms with Gasteiger partial charge in [0.15, 0.2) is 0 Å². The van der Waals surface area contributed by atoms with Crippen LogP contribution in [0.4, 0.5) is 0 Å². The number of likely N-dealkylation sites (tertiary alicyclic amines) is 2. The molecule has 3 aliphatic rings. The van der Waals surface area contributed by atoms with Gasteiger partial charge in [-0.2, -0.15) is 0 Å². The Morgan fingerprint density at radius 1 is 1.19 bits per heavy atom. The Bertz CT molecular complexity index is 665. The van der Waals surface area contributed by atoms with Crippen LogP contribution in [-0.2, 0) is 16.1 Å². The van der Waals surface area contributed by atoms with Gasteiger partial charge in [0.05, 0.1) is 0 Å². The van der Waals surface area contributed by atoms with E-state index in [2.05, 4.69) is 9.88 Å². The first-order valence-corrected chi connectivity index (χ1v) is 9.91. The van der Waals surface area contributed by atoms with Gasteiger partial charge >= 0.3 is 0 Å². The van der Waals surface area contributed by atoms with Crippen LogP contribution < -0.4 is 5.73 Å². The summed E-state index contributed by atoms with van der Waals surface area (Å²) in [5, 5.41) is 0. The van der Waals surface area contributed by atoms with Crippen molar-refractivity contribution < 1.29 is 9.59 Å². The van der Waals surface area contributed by atoms with Gasteiger partial charge in [-0.15, -0.1) is 0 Å². The summed E-state index contributed by atoms with van der Waals surface area (Å²) in [6.45, 7) is 3.84. The number of hydrogen-bond donors (Lipinski definition) is 1. The molecule has 0 unspecified atom stereocenters. The Kier molecular flexibility index (Phi) is 4.98. The number of nitrogens with two attached hydrogens (primary N) is 1. The third-order valence-electron chi connectivity index (χ3n) is 6.42. The number of piperidine rings is 2. The fourth-order valence-electron chi connectivity index (χ4n) is 5.07. The molecule has 1 aromatic heterocycles. The van der Waals surface area contributed by atoms with Gasteiger partial charge in [0.2, 0.25) is 11.8 Å². The number of carbonyl (C=O) groups excluding carboxylic acids is 2. The molecule has 142 valence electrons. The van der Waals surface area contributed by atoms with Crippen molar-refractivity contribution in [2.45, 2.75) is 57.0 Å². The van der Waals surface area contributed by atoms with Crippen LogP contribution in [0.5, 0.6) is 0 Å². The largest absolute Gasteiger partial charge is 0.368 e. The Morgan fingerprint density at radius 2 is 2.00 bits per heavy atom. The molecule has 3 heterocycles. The molecule has 1 aliphatic carbocycles. The Balaban J connectivity index is 1.25. The fourth-order valence-corrected chi connectivity index (χ4v) is 5.07. The molecule has 2 N–H and O–H groups in total. The van der Waals surface area contributed by atoms with Crippen molar-refractivity contribution in [3.63, 3.8) is 0 Å². The lowest BCUT2D eigenvalue weighted by molar-refractivity contribution is -0.132. The smallest absolute Gasteiger partial charge is 0.237 e. The molecule has 26 heavy (non-hydrogen) atoms. The van der Waals surface area contributed by atoms with Gasteiger partial charge in [-0.1, -0.05) is 0 Å². The van der Waals surface area contributed by atoms with Crippen molar-refractivity contribution >= 4 is 11.8 Å². The zero-order valence-electron chi connectivity index (χ0n) is 15.3. The Morgan fingerprint density at radius 3 is 2.65 bits per heavy atom. The molecule has 0 spiro atoms. The number of carbonyl (C=O) groups is 2. The van der Waals surface area contributed by atoms with Gasteiger partial charge in [-0.05, 0) is 38.0 Å². The number of primary amides is 1. The molecule has 2 atom stereocenters. The van der Waals surface area contributed by atoms with Crippen molar-refractivity contribution in [3.8, 4) is 0 Å². The number of hydrogen-bond acceptors (Lipinski definition) is 4. The molecular formula is C19H29N5O2. The van der Waals surface area contributed by atoms with Crippen molar-refractivity contribution in [1.82, 2.24) is 19.4 Å². The van der Waals surface area contributed by atoms with Gasteiger partial charge in [-0.25, -0.2) is 4.98 Å². The van der Waals surface area contributed by atoms with Gasteiger partial charge in [0.25, 0.3) is 0 Å². The molecule has 2 amide bonds. The number of fused-ring (bicyclic) bond motifs is 2. The summed E-state index contributed by atoms with van der Waals surface area (Å²) in [5.41, 5.74) is 5.31. The first-order valence-electron chi connectivity index (χ1n) is 9.91. The number of nitrogens with zero attached hydrogens (tertiary/aromatic N) is 4. The Hall–Kier alpha value is -1.89. The summed E-state index contributed by atoms with van der Waals surface area (Å²) in [4.78, 5) is 32.7. The lowest BCUT2D eigenvalue weighted by Crippen LogP contribution is -2.41. The van der Waals surface area contributed by atoms with Crippen LogP contribution in [-0.4, -0.2) is 63.4 Å². The van der Waals surface area contributed by atoms with Gasteiger partial charge in [0.1, 0.15) is 12.4 Å². The topological polar surface area (TPSA) is 84.5 Å². The van der Waals surface area contributed by atoms with Crippen LogP contribution >= 0.6 is 0 Å². The third kappa shape index (κ3) is 3.63. The van der Waals surface area contributed by atoms with E-state index in [1.165, 1.54) is 25.8 Å². The number of rotatable bonds is 6. The highest BCUT2D eigenvalue weighted by Crippen LogP contribution is 2.37. The molecule has 0 radical (unpaired) electrons. The minimum atomic E-state index is -0.354. The standard InChI is InChI=1S/C19H29N5O2/c20-17(25)13-24-10-6-21-19(24)15-3-7-22(8-4-15)18(26)5-9-23-12-14-1-2-16(23)11-14/h6,10,14-16H,1-5,7-9,11-13H2,(H2,20,25)/t14-,16+/m1/s1. The van der Waals surface area contributed by atoms with Crippen LogP contribution in [0.1, 0.15) is 50.3 Å². The highest BCUT2D eigenvalue weighted by atomic mass is 16.2. The van der Waals surface area contributed by atoms with E-state index in [9.17, 15) is 9.59 Å². The average Bonchev–Trinajstić information content (AvgIpc) is 3.36. The molecule has 2 aliphatic heterocycles. The molecule has 3 fully saturated rings. The Labute approximate surface area is 154 Å². The maximum absolute atomic E-state index is 12.6. The highest BCUT2D eigenvalue weighted by Gasteiger charge is 2.37. The number of aromatic nitrogens is 2. The zero-order valence-corrected chi connectivity index (χ0v) is 15.3. The van der Waals surface area contributed by atoms with Crippen LogP contribution in [0.25, 0.3) is 0 Å². The second kappa shape index (κ2) is 7.39. The van der Waals surface area contributed by atoms with Crippen molar-refractivity contribution in [2.75, 3.05) is 26.2 Å². The third-order valence-corrected chi connectivity index (χ3v) is 6.42. The summed E-state index contributed by atoms with van der Waals surface area (Å²) < 4.78 is 1.84. The zero-order chi connectivity index (χ0) is 18.1. The minimum Gasteiger partial charge on any atom is -0.368 e. The van der Waals surface area contributed by atoms with E-state index in [-0.39, 0.29) is 18.4 Å². The maximum Gasteiger partial charge on any atom is 0.237 e. The van der Waals surface area contributed by atoms with Gasteiger partial charge in [-0.3, -0.25) is 14.5 Å². The predicted octanol–water partition coefficient (Wildman–Crippen LogP) is 0.949. The molecule has 1 aromatic rings. The van der Waals surface area contributed by atoms with E-state index in [1.54, 1.807) is 12.4 Å². The lowest BCUT2D eigenvalue weighted by atomic mass is 9.95. The summed E-state index contributed by atoms with van der Waals surface area (Å²) >= 11 is 0. The SMILES string of the molecule is NC(=O)Cn1ccnc1C1CCN(C(=O)CCN2C[C@@H]3CC[C@H]2C3)CC1. The second-order valence-corrected chi connectivity index (χ2v) is 8.11. The predicted molar refractivity (Wildman–Crippen MR) is 97.3 cm³/mol. The van der Waals surface area contributed by atoms with E-state index in [1.807, 2.05) is 9.47 Å². The molecule has 1 saturated carbocycles. The van der Waals surface area contributed by atoms with E-state index in [0.29, 0.717) is 12.3 Å². The lowest BCUT2D eigenvalue weighted by Gasteiger charge is -2.33. The van der Waals surface area contributed by atoms with E-state index in [4.69, 9.17) is 5.73 Å². The average molecular weight is 359 g/mol. The monoisotopic (exact) mass is 359 g/mol. The van der Waals surface area contributed by atoms with Gasteiger partial charge < -0.3 is 15.2 Å². The molecule has 7 nitrogen and oxygen atoms in total. The molecule has 0 aromatic carbocycles. The van der Waals surface area contributed by atoms with Crippen molar-refractivity contribution in [2.24, 2.45) is 11.7 Å². The normalized spacial score (nSPS) is 26.5. The van der Waals surface area contributed by atoms with Crippen molar-refractivity contribution in [3.05, 3.63) is 18.2 Å². The number of imidazole rings is 1. The van der Waals surface area contributed by atoms with Gasteiger partial charge in [0, 0.05) is 57.0 Å². The number of amides is 2.